The highest BCUT2D eigenvalue weighted by Gasteiger charge is 2.11. The van der Waals surface area contributed by atoms with Crippen molar-refractivity contribution in [3.63, 3.8) is 0 Å². The molecule has 4 rings (SSSR count). The van der Waals surface area contributed by atoms with Crippen LogP contribution in [0.25, 0.3) is 22.5 Å². The summed E-state index contributed by atoms with van der Waals surface area (Å²) in [7, 11) is 4.23. The first-order valence-corrected chi connectivity index (χ1v) is 11.4. The number of benzene rings is 2. The van der Waals surface area contributed by atoms with Crippen LogP contribution in [-0.4, -0.2) is 37.2 Å². The minimum atomic E-state index is 0.961. The molecule has 4 aromatic rings. The lowest BCUT2D eigenvalue weighted by atomic mass is 10.2. The Morgan fingerprint density at radius 1 is 0.655 bits per heavy atom. The largest absolute Gasteiger partial charge is 0.351 e. The number of hydrogen-bond acceptors (Lipinski definition) is 6. The van der Waals surface area contributed by atoms with E-state index in [9.17, 15) is 0 Å². The van der Waals surface area contributed by atoms with Crippen molar-refractivity contribution in [1.29, 1.82) is 0 Å². The number of anilines is 2. The van der Waals surface area contributed by atoms with Crippen LogP contribution in [0.4, 0.5) is 10.3 Å². The summed E-state index contributed by atoms with van der Waals surface area (Å²) >= 11 is 3.40. The lowest BCUT2D eigenvalue weighted by Gasteiger charge is -2.19. The van der Waals surface area contributed by atoms with E-state index < -0.39 is 0 Å². The molecule has 0 aliphatic carbocycles. The van der Waals surface area contributed by atoms with Crippen LogP contribution in [0.1, 0.15) is 6.42 Å². The molecule has 0 amide bonds. The van der Waals surface area contributed by atoms with Gasteiger partial charge in [0.2, 0.25) is 0 Å². The molecule has 0 atom stereocenters. The van der Waals surface area contributed by atoms with Gasteiger partial charge in [-0.3, -0.25) is 0 Å². The van der Waals surface area contributed by atoms with Crippen LogP contribution in [0.15, 0.2) is 71.4 Å². The quantitative estimate of drug-likeness (QED) is 0.355. The minimum Gasteiger partial charge on any atom is -0.351 e. The van der Waals surface area contributed by atoms with E-state index in [1.54, 1.807) is 22.7 Å². The Morgan fingerprint density at radius 3 is 1.48 bits per heavy atom. The highest BCUT2D eigenvalue weighted by atomic mass is 32.1. The fourth-order valence-corrected chi connectivity index (χ4v) is 4.75. The Bertz CT molecular complexity index is 943. The molecule has 0 saturated heterocycles. The predicted octanol–water partition coefficient (Wildman–Crippen LogP) is 5.90. The van der Waals surface area contributed by atoms with Gasteiger partial charge in [-0.1, -0.05) is 60.7 Å². The monoisotopic (exact) mass is 420 g/mol. The van der Waals surface area contributed by atoms with Gasteiger partial charge in [-0.15, -0.1) is 22.7 Å². The third-order valence-corrected chi connectivity index (χ3v) is 6.67. The van der Waals surface area contributed by atoms with Gasteiger partial charge in [-0.2, -0.15) is 0 Å². The van der Waals surface area contributed by atoms with Gasteiger partial charge >= 0.3 is 0 Å². The smallest absolute Gasteiger partial charge is 0.185 e. The molecule has 4 nitrogen and oxygen atoms in total. The maximum Gasteiger partial charge on any atom is 0.185 e. The van der Waals surface area contributed by atoms with Gasteiger partial charge in [0.1, 0.15) is 0 Å². The fourth-order valence-electron chi connectivity index (χ4n) is 3.10. The molecule has 2 aromatic heterocycles. The first kappa shape index (κ1) is 19.6. The third kappa shape index (κ3) is 4.83. The van der Waals surface area contributed by atoms with Crippen LogP contribution in [0.5, 0.6) is 0 Å². The summed E-state index contributed by atoms with van der Waals surface area (Å²) in [6, 6.07) is 20.7. The van der Waals surface area contributed by atoms with E-state index >= 15 is 0 Å². The van der Waals surface area contributed by atoms with Crippen molar-refractivity contribution < 1.29 is 0 Å². The summed E-state index contributed by atoms with van der Waals surface area (Å²) < 4.78 is 0. The third-order valence-electron chi connectivity index (χ3n) is 4.76. The Labute approximate surface area is 180 Å². The molecular formula is C23H24N4S2. The van der Waals surface area contributed by atoms with Gasteiger partial charge in [0, 0.05) is 49.1 Å². The molecule has 0 N–H and O–H groups in total. The second-order valence-corrected chi connectivity index (χ2v) is 8.63. The Balaban J connectivity index is 1.30. The number of nitrogens with zero attached hydrogens (tertiary/aromatic N) is 4. The van der Waals surface area contributed by atoms with E-state index in [2.05, 4.69) is 83.2 Å². The number of rotatable bonds is 8. The summed E-state index contributed by atoms with van der Waals surface area (Å²) in [5.74, 6) is 0. The number of aromatic nitrogens is 2. The zero-order chi connectivity index (χ0) is 20.1. The van der Waals surface area contributed by atoms with Crippen molar-refractivity contribution in [1.82, 2.24) is 9.97 Å². The Morgan fingerprint density at radius 2 is 1.07 bits per heavy atom. The minimum absolute atomic E-state index is 0.961. The summed E-state index contributed by atoms with van der Waals surface area (Å²) in [6.07, 6.45) is 1.05. The normalized spacial score (nSPS) is 10.8. The van der Waals surface area contributed by atoms with E-state index in [4.69, 9.17) is 9.97 Å². The molecule has 0 bridgehead atoms. The summed E-state index contributed by atoms with van der Waals surface area (Å²) in [4.78, 5) is 14.1. The van der Waals surface area contributed by atoms with Crippen LogP contribution in [0.2, 0.25) is 0 Å². The summed E-state index contributed by atoms with van der Waals surface area (Å²) in [5.41, 5.74) is 4.43. The number of thiazole rings is 2. The zero-order valence-corrected chi connectivity index (χ0v) is 18.3. The maximum atomic E-state index is 4.79. The molecular weight excluding hydrogens is 396 g/mol. The highest BCUT2D eigenvalue weighted by Crippen LogP contribution is 2.28. The van der Waals surface area contributed by atoms with Crippen LogP contribution < -0.4 is 9.80 Å². The molecule has 148 valence electrons. The average molecular weight is 421 g/mol. The molecule has 29 heavy (non-hydrogen) atoms. The molecule has 0 spiro atoms. The van der Waals surface area contributed by atoms with Crippen molar-refractivity contribution in [3.8, 4) is 22.5 Å². The molecule has 0 aliphatic rings. The van der Waals surface area contributed by atoms with Crippen molar-refractivity contribution in [3.05, 3.63) is 71.4 Å². The van der Waals surface area contributed by atoms with Crippen LogP contribution in [0.3, 0.4) is 0 Å². The molecule has 0 radical (unpaired) electrons. The molecule has 0 unspecified atom stereocenters. The van der Waals surface area contributed by atoms with E-state index in [1.807, 2.05) is 12.1 Å². The van der Waals surface area contributed by atoms with Crippen molar-refractivity contribution >= 4 is 32.9 Å². The van der Waals surface area contributed by atoms with Crippen LogP contribution in [0, 0.1) is 0 Å². The van der Waals surface area contributed by atoms with Gasteiger partial charge < -0.3 is 9.80 Å². The standard InChI is InChI=1S/C23H24N4S2/c1-26(22-24-20(16-28-22)18-10-5-3-6-11-18)14-9-15-27(2)23-25-21(17-29-23)19-12-7-4-8-13-19/h3-8,10-13,16-17H,9,14-15H2,1-2H3. The second-order valence-electron chi connectivity index (χ2n) is 6.96. The van der Waals surface area contributed by atoms with Gasteiger partial charge in [0.25, 0.3) is 0 Å². The van der Waals surface area contributed by atoms with Gasteiger partial charge in [0.05, 0.1) is 11.4 Å². The fraction of sp³-hybridized carbons (Fsp3) is 0.217. The SMILES string of the molecule is CN(CCCN(C)c1nc(-c2ccccc2)cs1)c1nc(-c2ccccc2)cs1. The average Bonchev–Trinajstić information content (AvgIpc) is 3.45. The summed E-state index contributed by atoms with van der Waals surface area (Å²) in [5, 5.41) is 6.39. The van der Waals surface area contributed by atoms with E-state index in [0.717, 1.165) is 41.2 Å². The first-order valence-electron chi connectivity index (χ1n) is 9.65. The zero-order valence-electron chi connectivity index (χ0n) is 16.7. The maximum absolute atomic E-state index is 4.79. The van der Waals surface area contributed by atoms with E-state index in [0.29, 0.717) is 0 Å². The van der Waals surface area contributed by atoms with Gasteiger partial charge in [-0.25, -0.2) is 9.97 Å². The Kier molecular flexibility index (Phi) is 6.22. The number of hydrogen-bond donors (Lipinski definition) is 0. The first-order chi connectivity index (χ1) is 14.2. The molecule has 2 aromatic carbocycles. The topological polar surface area (TPSA) is 32.3 Å². The van der Waals surface area contributed by atoms with Crippen LogP contribution >= 0.6 is 22.7 Å². The van der Waals surface area contributed by atoms with Crippen LogP contribution in [-0.2, 0) is 0 Å². The molecule has 6 heteroatoms. The lowest BCUT2D eigenvalue weighted by molar-refractivity contribution is 0.760. The lowest BCUT2D eigenvalue weighted by Crippen LogP contribution is -2.25. The van der Waals surface area contributed by atoms with Crippen molar-refractivity contribution in [2.45, 2.75) is 6.42 Å². The molecule has 0 saturated carbocycles. The van der Waals surface area contributed by atoms with E-state index in [1.165, 1.54) is 11.1 Å². The van der Waals surface area contributed by atoms with Crippen molar-refractivity contribution in [2.24, 2.45) is 0 Å². The molecule has 0 aliphatic heterocycles. The molecule has 0 fully saturated rings. The van der Waals surface area contributed by atoms with Gasteiger partial charge in [0.15, 0.2) is 10.3 Å². The molecule has 2 heterocycles. The van der Waals surface area contributed by atoms with Gasteiger partial charge in [-0.05, 0) is 6.42 Å². The predicted molar refractivity (Wildman–Crippen MR) is 126 cm³/mol. The highest BCUT2D eigenvalue weighted by molar-refractivity contribution is 7.14. The van der Waals surface area contributed by atoms with E-state index in [-0.39, 0.29) is 0 Å². The summed E-state index contributed by atoms with van der Waals surface area (Å²) in [6.45, 7) is 1.92. The second kappa shape index (κ2) is 9.20. The van der Waals surface area contributed by atoms with Crippen molar-refractivity contribution in [2.75, 3.05) is 37.0 Å². The Hall–Kier alpha value is -2.70.